The van der Waals surface area contributed by atoms with Gasteiger partial charge >= 0.3 is 0 Å². The normalized spacial score (nSPS) is 14.4. The van der Waals surface area contributed by atoms with Gasteiger partial charge in [-0.05, 0) is 49.9 Å². The molecule has 4 heteroatoms. The number of allylic oxidation sites excluding steroid dienone is 3. The van der Waals surface area contributed by atoms with Crippen LogP contribution in [0.2, 0.25) is 0 Å². The maximum Gasteiger partial charge on any atom is 0.130 e. The molecule has 0 aromatic heterocycles. The van der Waals surface area contributed by atoms with Gasteiger partial charge in [-0.3, -0.25) is 4.99 Å². The van der Waals surface area contributed by atoms with Crippen molar-refractivity contribution in [3.63, 3.8) is 0 Å². The van der Waals surface area contributed by atoms with Crippen molar-refractivity contribution < 1.29 is 0 Å². The lowest BCUT2D eigenvalue weighted by molar-refractivity contribution is 0.570. The molecule has 0 amide bonds. The monoisotopic (exact) mass is 542 g/mol. The Bertz CT molecular complexity index is 1070. The van der Waals surface area contributed by atoms with Crippen LogP contribution in [0.25, 0.3) is 5.70 Å². The lowest BCUT2D eigenvalue weighted by Gasteiger charge is -2.32. The number of hydrogen-bond donors (Lipinski definition) is 2. The predicted octanol–water partition coefficient (Wildman–Crippen LogP) is 8.26. The highest BCUT2D eigenvalue weighted by Gasteiger charge is 2.21. The van der Waals surface area contributed by atoms with Gasteiger partial charge in [0.15, 0.2) is 0 Å². The molecule has 0 radical (unpaired) electrons. The molecule has 0 aliphatic carbocycles. The fourth-order valence-electron chi connectivity index (χ4n) is 3.57. The first-order valence-electron chi connectivity index (χ1n) is 14.2. The Hall–Kier alpha value is -3.81. The summed E-state index contributed by atoms with van der Waals surface area (Å²) >= 11 is 0. The van der Waals surface area contributed by atoms with Crippen LogP contribution in [-0.2, 0) is 6.42 Å². The van der Waals surface area contributed by atoms with Gasteiger partial charge in [0.2, 0.25) is 0 Å². The lowest BCUT2D eigenvalue weighted by atomic mass is 10.0. The molecule has 1 atom stereocenters. The maximum atomic E-state index is 4.72. The zero-order chi connectivity index (χ0) is 30.9. The highest BCUT2D eigenvalue weighted by molar-refractivity contribution is 6.02. The molecule has 1 aliphatic rings. The van der Waals surface area contributed by atoms with Gasteiger partial charge < -0.3 is 15.5 Å². The van der Waals surface area contributed by atoms with E-state index in [0.29, 0.717) is 5.92 Å². The van der Waals surface area contributed by atoms with Gasteiger partial charge in [-0.1, -0.05) is 108 Å². The molecule has 1 heterocycles. The fraction of sp³-hybridized carbons (Fsp3) is 0.361. The van der Waals surface area contributed by atoms with E-state index in [1.165, 1.54) is 16.7 Å². The molecule has 0 fully saturated rings. The second-order valence-electron chi connectivity index (χ2n) is 8.54. The van der Waals surface area contributed by atoms with E-state index in [1.807, 2.05) is 60.0 Å². The van der Waals surface area contributed by atoms with Gasteiger partial charge in [-0.15, -0.1) is 19.4 Å². The maximum absolute atomic E-state index is 4.72. The molecular weight excluding hydrogens is 488 g/mol. The summed E-state index contributed by atoms with van der Waals surface area (Å²) in [4.78, 5) is 6.80. The van der Waals surface area contributed by atoms with Crippen LogP contribution in [0.3, 0.4) is 0 Å². The summed E-state index contributed by atoms with van der Waals surface area (Å²) in [6, 6.07) is 18.9. The van der Waals surface area contributed by atoms with Crippen LogP contribution in [0.1, 0.15) is 58.2 Å². The minimum absolute atomic E-state index is 0.581. The van der Waals surface area contributed by atoms with E-state index < -0.39 is 0 Å². The highest BCUT2D eigenvalue weighted by Crippen LogP contribution is 2.24. The van der Waals surface area contributed by atoms with Gasteiger partial charge in [-0.2, -0.15) is 0 Å². The SMILES string of the molecule is C#C.C=C/C(C)=C1/NC(c2ccccc2C)=CC(=NCCNC)N1C.C=CC(C)Cc1ccccc1.CC.CC. The number of nitrogens with zero attached hydrogens (tertiary/aromatic N) is 2. The summed E-state index contributed by atoms with van der Waals surface area (Å²) in [5.74, 6) is 2.55. The predicted molar refractivity (Wildman–Crippen MR) is 181 cm³/mol. The number of likely N-dealkylation sites (N-methyl/N-ethyl adjacent to an activating group) is 2. The molecule has 0 bridgehead atoms. The van der Waals surface area contributed by atoms with Crippen LogP contribution in [0, 0.1) is 25.7 Å². The van der Waals surface area contributed by atoms with E-state index >= 15 is 0 Å². The number of rotatable bonds is 8. The zero-order valence-electron chi connectivity index (χ0n) is 26.6. The third kappa shape index (κ3) is 13.8. The Morgan fingerprint density at radius 2 is 1.60 bits per heavy atom. The van der Waals surface area contributed by atoms with Gasteiger partial charge in [0.1, 0.15) is 11.7 Å². The number of aliphatic imine (C=N–C) groups is 1. The topological polar surface area (TPSA) is 39.7 Å². The average Bonchev–Trinajstić information content (AvgIpc) is 3.02. The van der Waals surface area contributed by atoms with Crippen LogP contribution in [-0.4, -0.2) is 37.9 Å². The largest absolute Gasteiger partial charge is 0.341 e. The third-order valence-electron chi connectivity index (χ3n) is 5.76. The molecule has 218 valence electrons. The summed E-state index contributed by atoms with van der Waals surface area (Å²) in [7, 11) is 3.97. The summed E-state index contributed by atoms with van der Waals surface area (Å²) in [5, 5.41) is 6.66. The van der Waals surface area contributed by atoms with Crippen molar-refractivity contribution in [1.82, 2.24) is 15.5 Å². The molecule has 1 aliphatic heterocycles. The van der Waals surface area contributed by atoms with Crippen molar-refractivity contribution in [3.05, 3.63) is 114 Å². The van der Waals surface area contributed by atoms with Crippen molar-refractivity contribution >= 4 is 11.5 Å². The quantitative estimate of drug-likeness (QED) is 0.200. The van der Waals surface area contributed by atoms with Gasteiger partial charge in [0.25, 0.3) is 0 Å². The van der Waals surface area contributed by atoms with Gasteiger partial charge in [0, 0.05) is 25.2 Å². The van der Waals surface area contributed by atoms with Crippen molar-refractivity contribution in [2.45, 2.75) is 54.9 Å². The summed E-state index contributed by atoms with van der Waals surface area (Å²) in [6.07, 6.45) is 15.1. The third-order valence-corrected chi connectivity index (χ3v) is 5.76. The van der Waals surface area contributed by atoms with Crippen molar-refractivity contribution in [3.8, 4) is 12.8 Å². The second kappa shape index (κ2) is 24.2. The molecule has 1 unspecified atom stereocenters. The van der Waals surface area contributed by atoms with E-state index in [1.54, 1.807) is 0 Å². The first kappa shape index (κ1) is 38.3. The summed E-state index contributed by atoms with van der Waals surface area (Å²) in [6.45, 7) is 23.6. The van der Waals surface area contributed by atoms with Crippen molar-refractivity contribution in [2.24, 2.45) is 10.9 Å². The Kier molecular flexibility index (Phi) is 23.2. The fourth-order valence-corrected chi connectivity index (χ4v) is 3.57. The number of aryl methyl sites for hydroxylation is 1. The lowest BCUT2D eigenvalue weighted by Crippen LogP contribution is -2.38. The number of nitrogens with one attached hydrogen (secondary N) is 2. The Morgan fingerprint density at radius 1 is 1.02 bits per heavy atom. The van der Waals surface area contributed by atoms with E-state index in [4.69, 9.17) is 4.99 Å². The number of terminal acetylenes is 1. The molecule has 0 saturated carbocycles. The van der Waals surface area contributed by atoms with E-state index in [0.717, 1.165) is 42.4 Å². The molecule has 2 aromatic carbocycles. The van der Waals surface area contributed by atoms with Gasteiger partial charge in [0.05, 0.1) is 12.2 Å². The van der Waals surface area contributed by atoms with Crippen molar-refractivity contribution in [1.29, 1.82) is 0 Å². The van der Waals surface area contributed by atoms with Gasteiger partial charge in [-0.25, -0.2) is 0 Å². The average molecular weight is 543 g/mol. The number of benzene rings is 2. The minimum atomic E-state index is 0.581. The van der Waals surface area contributed by atoms with Crippen LogP contribution < -0.4 is 10.6 Å². The Morgan fingerprint density at radius 3 is 2.12 bits per heavy atom. The highest BCUT2D eigenvalue weighted by atomic mass is 15.3. The van der Waals surface area contributed by atoms with Crippen LogP contribution >= 0.6 is 0 Å². The van der Waals surface area contributed by atoms with E-state index in [9.17, 15) is 0 Å². The molecule has 40 heavy (non-hydrogen) atoms. The minimum Gasteiger partial charge on any atom is -0.341 e. The molecule has 4 nitrogen and oxygen atoms in total. The first-order chi connectivity index (χ1) is 19.4. The zero-order valence-corrected chi connectivity index (χ0v) is 26.6. The smallest absolute Gasteiger partial charge is 0.130 e. The standard InChI is InChI=1S/C19H26N4.C11H14.2C2H6.C2H2/c1-6-14(2)19-22-17(16-10-8-7-9-15(16)3)13-18(23(19)5)21-12-11-20-4;1-3-10(2)9-11-7-5-4-6-8-11;3*1-2/h6-10,13,20,22H,1,11-12H2,2-5H3;3-8,10H,1,9H2,2H3;2*1-2H3;1-2H/b19-14-,21-18?;;;;. The molecular formula is C36H54N4. The van der Waals surface area contributed by atoms with Crippen LogP contribution in [0.15, 0.2) is 102 Å². The van der Waals surface area contributed by atoms with E-state index in [-0.39, 0.29) is 0 Å². The number of hydrogen-bond acceptors (Lipinski definition) is 3. The molecule has 0 spiro atoms. The van der Waals surface area contributed by atoms with Crippen molar-refractivity contribution in [2.75, 3.05) is 27.2 Å². The Balaban J connectivity index is 0. The summed E-state index contributed by atoms with van der Waals surface area (Å²) < 4.78 is 0. The number of amidine groups is 1. The van der Waals surface area contributed by atoms with Crippen LogP contribution in [0.4, 0.5) is 0 Å². The first-order valence-corrected chi connectivity index (χ1v) is 14.2. The van der Waals surface area contributed by atoms with E-state index in [2.05, 4.69) is 117 Å². The Labute approximate surface area is 246 Å². The second-order valence-corrected chi connectivity index (χ2v) is 8.54. The molecule has 2 aromatic rings. The molecule has 0 saturated heterocycles. The van der Waals surface area contributed by atoms with Crippen LogP contribution in [0.5, 0.6) is 0 Å². The molecule has 2 N–H and O–H groups in total. The summed E-state index contributed by atoms with van der Waals surface area (Å²) in [5.41, 5.74) is 5.98. The molecule has 3 rings (SSSR count).